The summed E-state index contributed by atoms with van der Waals surface area (Å²) in [6, 6.07) is 8.10. The molecule has 0 aliphatic rings. The second-order valence-electron chi connectivity index (χ2n) is 6.07. The van der Waals surface area contributed by atoms with Gasteiger partial charge < -0.3 is 10.6 Å². The molecule has 0 saturated heterocycles. The number of anilines is 2. The number of hydrogen-bond acceptors (Lipinski definition) is 4. The van der Waals surface area contributed by atoms with Crippen molar-refractivity contribution < 1.29 is 0 Å². The second-order valence-corrected chi connectivity index (χ2v) is 6.07. The van der Waals surface area contributed by atoms with E-state index in [0.29, 0.717) is 11.9 Å². The summed E-state index contributed by atoms with van der Waals surface area (Å²) >= 11 is 0. The molecule has 0 bridgehead atoms. The topological polar surface area (TPSA) is 55.0 Å². The Bertz CT molecular complexity index is 586. The first-order valence-electron chi connectivity index (χ1n) is 6.56. The molecule has 2 aromatic rings. The van der Waals surface area contributed by atoms with Gasteiger partial charge in [-0.15, -0.1) is 0 Å². The van der Waals surface area contributed by atoms with E-state index in [2.05, 4.69) is 42.6 Å². The van der Waals surface area contributed by atoms with Crippen LogP contribution in [-0.4, -0.2) is 23.1 Å². The van der Waals surface area contributed by atoms with Crippen LogP contribution in [0.1, 0.15) is 27.7 Å². The first-order chi connectivity index (χ1) is 8.80. The second kappa shape index (κ2) is 4.68. The lowest BCUT2D eigenvalue weighted by atomic mass is 9.87. The van der Waals surface area contributed by atoms with E-state index in [1.54, 1.807) is 0 Å². The number of aromatic nitrogens is 2. The number of benzene rings is 1. The van der Waals surface area contributed by atoms with Gasteiger partial charge >= 0.3 is 0 Å². The van der Waals surface area contributed by atoms with Gasteiger partial charge in [0.25, 0.3) is 0 Å². The molecule has 0 spiro atoms. The van der Waals surface area contributed by atoms with Crippen LogP contribution in [0.15, 0.2) is 24.3 Å². The summed E-state index contributed by atoms with van der Waals surface area (Å²) in [5, 5.41) is 0. The van der Waals surface area contributed by atoms with Crippen LogP contribution < -0.4 is 10.6 Å². The minimum Gasteiger partial charge on any atom is -0.381 e. The molecule has 1 aromatic heterocycles. The summed E-state index contributed by atoms with van der Waals surface area (Å²) in [6.45, 7) is 8.80. The van der Waals surface area contributed by atoms with Gasteiger partial charge in [-0.25, -0.2) is 9.97 Å². The maximum atomic E-state index is 6.05. The quantitative estimate of drug-likeness (QED) is 0.899. The van der Waals surface area contributed by atoms with Gasteiger partial charge in [0.15, 0.2) is 11.6 Å². The molecule has 2 rings (SSSR count). The summed E-state index contributed by atoms with van der Waals surface area (Å²) in [5.41, 5.74) is 7.91. The SMILES string of the molecule is CC(N(C)c1nc2ccccc2nc1N)C(C)(C)C. The molecule has 2 N–H and O–H groups in total. The number of hydrogen-bond donors (Lipinski definition) is 1. The maximum Gasteiger partial charge on any atom is 0.172 e. The van der Waals surface area contributed by atoms with Crippen molar-refractivity contribution in [2.45, 2.75) is 33.7 Å². The Labute approximate surface area is 114 Å². The van der Waals surface area contributed by atoms with E-state index in [4.69, 9.17) is 5.73 Å². The Hall–Kier alpha value is -1.84. The van der Waals surface area contributed by atoms with Crippen LogP contribution in [0.5, 0.6) is 0 Å². The van der Waals surface area contributed by atoms with E-state index < -0.39 is 0 Å². The molecule has 19 heavy (non-hydrogen) atoms. The predicted octanol–water partition coefficient (Wildman–Crippen LogP) is 3.08. The summed E-state index contributed by atoms with van der Waals surface area (Å²) in [6.07, 6.45) is 0. The number of fused-ring (bicyclic) bond motifs is 1. The monoisotopic (exact) mass is 258 g/mol. The van der Waals surface area contributed by atoms with Crippen molar-refractivity contribution in [2.24, 2.45) is 5.41 Å². The zero-order valence-corrected chi connectivity index (χ0v) is 12.3. The zero-order chi connectivity index (χ0) is 14.2. The Kier molecular flexibility index (Phi) is 3.35. The van der Waals surface area contributed by atoms with Crippen molar-refractivity contribution in [3.8, 4) is 0 Å². The molecular weight excluding hydrogens is 236 g/mol. The molecule has 0 radical (unpaired) electrons. The molecule has 102 valence electrons. The Morgan fingerprint density at radius 2 is 1.63 bits per heavy atom. The lowest BCUT2D eigenvalue weighted by Crippen LogP contribution is -2.40. The number of nitrogens with zero attached hydrogens (tertiary/aromatic N) is 3. The molecule has 1 aromatic carbocycles. The van der Waals surface area contributed by atoms with Crippen molar-refractivity contribution >= 4 is 22.7 Å². The van der Waals surface area contributed by atoms with Crippen LogP contribution in [0.4, 0.5) is 11.6 Å². The lowest BCUT2D eigenvalue weighted by Gasteiger charge is -2.36. The van der Waals surface area contributed by atoms with E-state index >= 15 is 0 Å². The number of para-hydroxylation sites is 2. The van der Waals surface area contributed by atoms with Gasteiger partial charge in [0.05, 0.1) is 11.0 Å². The highest BCUT2D eigenvalue weighted by Gasteiger charge is 2.26. The largest absolute Gasteiger partial charge is 0.381 e. The van der Waals surface area contributed by atoms with Gasteiger partial charge in [-0.1, -0.05) is 32.9 Å². The molecular formula is C15H22N4. The van der Waals surface area contributed by atoms with Crippen molar-refractivity contribution in [3.63, 3.8) is 0 Å². The average Bonchev–Trinajstić information content (AvgIpc) is 2.35. The van der Waals surface area contributed by atoms with Crippen LogP contribution in [0.25, 0.3) is 11.0 Å². The van der Waals surface area contributed by atoms with Crippen molar-refractivity contribution in [1.82, 2.24) is 9.97 Å². The normalized spacial score (nSPS) is 13.5. The minimum absolute atomic E-state index is 0.147. The number of nitrogen functional groups attached to an aromatic ring is 1. The molecule has 1 atom stereocenters. The molecule has 4 heteroatoms. The minimum atomic E-state index is 0.147. The van der Waals surface area contributed by atoms with Crippen molar-refractivity contribution in [2.75, 3.05) is 17.7 Å². The fraction of sp³-hybridized carbons (Fsp3) is 0.467. The summed E-state index contributed by atoms with van der Waals surface area (Å²) in [7, 11) is 2.02. The van der Waals surface area contributed by atoms with E-state index in [9.17, 15) is 0 Å². The van der Waals surface area contributed by atoms with Crippen LogP contribution >= 0.6 is 0 Å². The van der Waals surface area contributed by atoms with Crippen LogP contribution in [0.3, 0.4) is 0 Å². The molecule has 0 saturated carbocycles. The molecule has 1 unspecified atom stereocenters. The number of nitrogens with two attached hydrogens (primary N) is 1. The van der Waals surface area contributed by atoms with E-state index in [0.717, 1.165) is 16.9 Å². The highest BCUT2D eigenvalue weighted by Crippen LogP contribution is 2.29. The van der Waals surface area contributed by atoms with Crippen LogP contribution in [0.2, 0.25) is 0 Å². The first kappa shape index (κ1) is 13.6. The fourth-order valence-corrected chi connectivity index (χ4v) is 2.03. The molecule has 1 heterocycles. The Morgan fingerprint density at radius 1 is 1.11 bits per heavy atom. The lowest BCUT2D eigenvalue weighted by molar-refractivity contribution is 0.329. The molecule has 4 nitrogen and oxygen atoms in total. The smallest absolute Gasteiger partial charge is 0.172 e. The van der Waals surface area contributed by atoms with Gasteiger partial charge in [0, 0.05) is 13.1 Å². The summed E-state index contributed by atoms with van der Waals surface area (Å²) in [4.78, 5) is 11.2. The van der Waals surface area contributed by atoms with Gasteiger partial charge in [-0.2, -0.15) is 0 Å². The van der Waals surface area contributed by atoms with Crippen molar-refractivity contribution in [1.29, 1.82) is 0 Å². The zero-order valence-electron chi connectivity index (χ0n) is 12.3. The van der Waals surface area contributed by atoms with Gasteiger partial charge in [0.1, 0.15) is 0 Å². The fourth-order valence-electron chi connectivity index (χ4n) is 2.03. The number of rotatable bonds is 2. The van der Waals surface area contributed by atoms with E-state index in [1.165, 1.54) is 0 Å². The van der Waals surface area contributed by atoms with Gasteiger partial charge in [-0.3, -0.25) is 0 Å². The average molecular weight is 258 g/mol. The van der Waals surface area contributed by atoms with Crippen LogP contribution in [0, 0.1) is 5.41 Å². The third-order valence-corrected chi connectivity index (χ3v) is 3.75. The molecule has 0 aliphatic heterocycles. The summed E-state index contributed by atoms with van der Waals surface area (Å²) < 4.78 is 0. The predicted molar refractivity (Wildman–Crippen MR) is 81.3 cm³/mol. The van der Waals surface area contributed by atoms with Crippen LogP contribution in [-0.2, 0) is 0 Å². The van der Waals surface area contributed by atoms with E-state index in [-0.39, 0.29) is 5.41 Å². The van der Waals surface area contributed by atoms with E-state index in [1.807, 2.05) is 31.3 Å². The third kappa shape index (κ3) is 2.62. The maximum absolute atomic E-state index is 6.05. The highest BCUT2D eigenvalue weighted by atomic mass is 15.2. The third-order valence-electron chi connectivity index (χ3n) is 3.75. The van der Waals surface area contributed by atoms with Crippen molar-refractivity contribution in [3.05, 3.63) is 24.3 Å². The summed E-state index contributed by atoms with van der Waals surface area (Å²) in [5.74, 6) is 1.23. The molecule has 0 amide bonds. The first-order valence-corrected chi connectivity index (χ1v) is 6.56. The molecule has 0 fully saturated rings. The van der Waals surface area contributed by atoms with Gasteiger partial charge in [-0.05, 0) is 24.5 Å². The Balaban J connectivity index is 2.47. The molecule has 0 aliphatic carbocycles. The van der Waals surface area contributed by atoms with Gasteiger partial charge in [0.2, 0.25) is 0 Å². The highest BCUT2D eigenvalue weighted by molar-refractivity contribution is 5.79. The Morgan fingerprint density at radius 3 is 2.16 bits per heavy atom. The standard InChI is InChI=1S/C15H22N4/c1-10(15(2,3)4)19(5)14-13(16)17-11-8-6-7-9-12(11)18-14/h6-10H,1-5H3,(H2,16,17).